The first-order chi connectivity index (χ1) is 41.2. The molecule has 1 fully saturated rings. The van der Waals surface area contributed by atoms with Crippen LogP contribution in [0.4, 0.5) is 0 Å². The fourth-order valence-corrected chi connectivity index (χ4v) is 12.1. The zero-order valence-corrected chi connectivity index (χ0v) is 55.2. The lowest BCUT2D eigenvalue weighted by Crippen LogP contribution is -2.60. The monoisotopic (exact) mass is 1190 g/mol. The van der Waals surface area contributed by atoms with Crippen LogP contribution in [0.3, 0.4) is 0 Å². The van der Waals surface area contributed by atoms with Gasteiger partial charge in [-0.15, -0.1) is 0 Å². The van der Waals surface area contributed by atoms with Gasteiger partial charge in [0.05, 0.1) is 25.4 Å². The highest BCUT2D eigenvalue weighted by atomic mass is 16.7. The van der Waals surface area contributed by atoms with E-state index in [0.717, 1.165) is 38.5 Å². The fraction of sp³-hybridized carbons (Fsp3) is 0.932. The molecule has 0 aromatic rings. The van der Waals surface area contributed by atoms with Crippen molar-refractivity contribution in [3.8, 4) is 0 Å². The number of allylic oxidation sites excluding steroid dienone is 4. The van der Waals surface area contributed by atoms with E-state index >= 15 is 0 Å². The quantitative estimate of drug-likeness (QED) is 0.0215. The highest BCUT2D eigenvalue weighted by Crippen LogP contribution is 2.24. The molecule has 0 bridgehead atoms. The van der Waals surface area contributed by atoms with Crippen LogP contribution < -0.4 is 5.32 Å². The van der Waals surface area contributed by atoms with Gasteiger partial charge in [0, 0.05) is 0 Å². The Kier molecular flexibility index (Phi) is 59.3. The molecule has 84 heavy (non-hydrogen) atoms. The van der Waals surface area contributed by atoms with E-state index in [-0.39, 0.29) is 12.8 Å². The Bertz CT molecular complexity index is 1420. The minimum atomic E-state index is -1.67. The van der Waals surface area contributed by atoms with Gasteiger partial charge in [0.25, 0.3) is 0 Å². The molecular weight excluding hydrogens is 1050 g/mol. The molecule has 1 amide bonds. The zero-order chi connectivity index (χ0) is 61.0. The SMILES string of the molecule is CCCCCCCCCCCCCCCCCCCCCCCCC/C=C/CC/C=C/CCCC(O)C(O)C(COC1OC(CO)C(O)C(O)C1O)NC(=O)C(O)CCCCCCCCCCCCCCCCCCCCCCCCCCC. The van der Waals surface area contributed by atoms with Crippen molar-refractivity contribution in [1.82, 2.24) is 5.32 Å². The lowest BCUT2D eigenvalue weighted by Gasteiger charge is -2.40. The van der Waals surface area contributed by atoms with Crippen molar-refractivity contribution in [2.24, 2.45) is 0 Å². The van der Waals surface area contributed by atoms with E-state index in [4.69, 9.17) is 9.47 Å². The Morgan fingerprint density at radius 2 is 0.714 bits per heavy atom. The van der Waals surface area contributed by atoms with Crippen LogP contribution in [-0.2, 0) is 14.3 Å². The summed E-state index contributed by atoms with van der Waals surface area (Å²) in [5.41, 5.74) is 0. The molecule has 0 spiro atoms. The number of ether oxygens (including phenoxy) is 2. The molecule has 1 heterocycles. The summed E-state index contributed by atoms with van der Waals surface area (Å²) in [6, 6.07) is -1.19. The lowest BCUT2D eigenvalue weighted by molar-refractivity contribution is -0.303. The second kappa shape index (κ2) is 61.8. The maximum atomic E-state index is 13.3. The largest absolute Gasteiger partial charge is 0.394 e. The van der Waals surface area contributed by atoms with Gasteiger partial charge >= 0.3 is 0 Å². The smallest absolute Gasteiger partial charge is 0.249 e. The Morgan fingerprint density at radius 3 is 1.06 bits per heavy atom. The molecule has 11 heteroatoms. The first-order valence-electron chi connectivity index (χ1n) is 36.7. The topological polar surface area (TPSA) is 189 Å². The van der Waals surface area contributed by atoms with E-state index in [1.165, 1.54) is 283 Å². The van der Waals surface area contributed by atoms with Crippen molar-refractivity contribution in [2.75, 3.05) is 13.2 Å². The van der Waals surface area contributed by atoms with Crippen LogP contribution in [0, 0.1) is 0 Å². The molecule has 1 aliphatic heterocycles. The van der Waals surface area contributed by atoms with Crippen LogP contribution in [0.1, 0.15) is 367 Å². The molecular formula is C73H141NO10. The van der Waals surface area contributed by atoms with Crippen molar-refractivity contribution in [1.29, 1.82) is 0 Å². The van der Waals surface area contributed by atoms with Gasteiger partial charge in [-0.05, 0) is 51.4 Å². The van der Waals surface area contributed by atoms with Gasteiger partial charge in [-0.25, -0.2) is 0 Å². The molecule has 1 aliphatic rings. The van der Waals surface area contributed by atoms with Gasteiger partial charge in [0.15, 0.2) is 6.29 Å². The second-order valence-electron chi connectivity index (χ2n) is 26.0. The van der Waals surface area contributed by atoms with Crippen molar-refractivity contribution < 1.29 is 50.0 Å². The van der Waals surface area contributed by atoms with Gasteiger partial charge in [0.1, 0.15) is 36.6 Å². The highest BCUT2D eigenvalue weighted by Gasteiger charge is 2.44. The van der Waals surface area contributed by atoms with Gasteiger partial charge in [-0.2, -0.15) is 0 Å². The van der Waals surface area contributed by atoms with Crippen LogP contribution in [0.5, 0.6) is 0 Å². The van der Waals surface area contributed by atoms with Crippen LogP contribution in [0.25, 0.3) is 0 Å². The number of hydrogen-bond donors (Lipinski definition) is 8. The van der Waals surface area contributed by atoms with Crippen molar-refractivity contribution in [3.63, 3.8) is 0 Å². The number of nitrogens with one attached hydrogen (secondary N) is 1. The standard InChI is InChI=1S/C73H141NO10/c1-3-5-7-9-11-13-15-17-19-21-23-25-27-29-30-31-32-33-34-35-37-38-40-42-44-46-48-50-52-54-56-58-60-65(76)68(78)64(63-83-73-71(81)70(80)69(79)67(62-75)84-73)74-72(82)66(77)61-59-57-55-53-51-49-47-45-43-41-39-36-28-26-24-22-20-18-16-14-12-10-8-6-4-2/h44,46,52,54,64-71,73,75-81H,3-43,45,47-51,53,55-63H2,1-2H3,(H,74,82)/b46-44+,54-52+. The third kappa shape index (κ3) is 48.5. The molecule has 9 unspecified atom stereocenters. The number of carbonyl (C=O) groups is 1. The molecule has 1 saturated heterocycles. The summed E-state index contributed by atoms with van der Waals surface area (Å²) in [5, 5.41) is 76.5. The number of rotatable bonds is 65. The number of unbranched alkanes of at least 4 members (excludes halogenated alkanes) is 49. The van der Waals surface area contributed by atoms with E-state index < -0.39 is 74.2 Å². The Hall–Kier alpha value is -1.41. The van der Waals surface area contributed by atoms with Gasteiger partial charge in [-0.3, -0.25) is 4.79 Å². The molecule has 0 aromatic heterocycles. The predicted octanol–water partition coefficient (Wildman–Crippen LogP) is 18.0. The summed E-state index contributed by atoms with van der Waals surface area (Å²) in [7, 11) is 0. The molecule has 9 atom stereocenters. The predicted molar refractivity (Wildman–Crippen MR) is 353 cm³/mol. The van der Waals surface area contributed by atoms with E-state index in [2.05, 4.69) is 43.5 Å². The summed E-state index contributed by atoms with van der Waals surface area (Å²) >= 11 is 0. The highest BCUT2D eigenvalue weighted by molar-refractivity contribution is 5.80. The van der Waals surface area contributed by atoms with Crippen molar-refractivity contribution >= 4 is 5.91 Å². The Labute approximate surface area is 518 Å². The first kappa shape index (κ1) is 80.6. The van der Waals surface area contributed by atoms with Crippen LogP contribution >= 0.6 is 0 Å². The van der Waals surface area contributed by atoms with E-state index in [0.29, 0.717) is 19.3 Å². The third-order valence-corrected chi connectivity index (χ3v) is 18.0. The maximum absolute atomic E-state index is 13.3. The molecule has 498 valence electrons. The molecule has 1 rings (SSSR count). The molecule has 0 aromatic carbocycles. The van der Waals surface area contributed by atoms with Crippen molar-refractivity contribution in [2.45, 2.75) is 422 Å². The van der Waals surface area contributed by atoms with Crippen LogP contribution in [0.2, 0.25) is 0 Å². The normalized spacial score (nSPS) is 19.0. The number of amides is 1. The van der Waals surface area contributed by atoms with E-state index in [9.17, 15) is 40.5 Å². The number of carbonyl (C=O) groups excluding carboxylic acids is 1. The fourth-order valence-electron chi connectivity index (χ4n) is 12.1. The second-order valence-corrected chi connectivity index (χ2v) is 26.0. The Balaban J connectivity index is 2.20. The maximum Gasteiger partial charge on any atom is 0.249 e. The molecule has 0 saturated carbocycles. The third-order valence-electron chi connectivity index (χ3n) is 18.0. The summed E-state index contributed by atoms with van der Waals surface area (Å²) < 4.78 is 11.2. The molecule has 11 nitrogen and oxygen atoms in total. The van der Waals surface area contributed by atoms with E-state index in [1.807, 2.05) is 0 Å². The van der Waals surface area contributed by atoms with Crippen molar-refractivity contribution in [3.05, 3.63) is 24.3 Å². The average Bonchev–Trinajstić information content (AvgIpc) is 3.66. The van der Waals surface area contributed by atoms with Gasteiger partial charge < -0.3 is 50.5 Å². The summed E-state index contributed by atoms with van der Waals surface area (Å²) in [6.45, 7) is 3.50. The minimum absolute atomic E-state index is 0.250. The summed E-state index contributed by atoms with van der Waals surface area (Å²) in [6.07, 6.45) is 67.1. The zero-order valence-electron chi connectivity index (χ0n) is 55.2. The Morgan fingerprint density at radius 1 is 0.405 bits per heavy atom. The van der Waals surface area contributed by atoms with Crippen LogP contribution in [-0.4, -0.2) is 110 Å². The van der Waals surface area contributed by atoms with Gasteiger partial charge in [0.2, 0.25) is 5.91 Å². The number of aliphatic hydroxyl groups excluding tert-OH is 7. The molecule has 0 aliphatic carbocycles. The van der Waals surface area contributed by atoms with Crippen LogP contribution in [0.15, 0.2) is 24.3 Å². The number of aliphatic hydroxyl groups is 7. The molecule has 0 radical (unpaired) electrons. The minimum Gasteiger partial charge on any atom is -0.394 e. The lowest BCUT2D eigenvalue weighted by atomic mass is 9.98. The first-order valence-corrected chi connectivity index (χ1v) is 36.7. The average molecular weight is 1190 g/mol. The van der Waals surface area contributed by atoms with Gasteiger partial charge in [-0.1, -0.05) is 340 Å². The molecule has 8 N–H and O–H groups in total. The summed E-state index contributed by atoms with van der Waals surface area (Å²) in [5.74, 6) is -0.703. The summed E-state index contributed by atoms with van der Waals surface area (Å²) in [4.78, 5) is 13.3. The van der Waals surface area contributed by atoms with E-state index in [1.54, 1.807) is 0 Å². The number of hydrogen-bond acceptors (Lipinski definition) is 10.